The van der Waals surface area contributed by atoms with Gasteiger partial charge in [-0.3, -0.25) is 4.79 Å². The summed E-state index contributed by atoms with van der Waals surface area (Å²) in [5, 5.41) is 30.0. The molecule has 9 nitrogen and oxygen atoms in total. The maximum Gasteiger partial charge on any atom is 0.306 e. The van der Waals surface area contributed by atoms with Crippen LogP contribution in [0.4, 0.5) is 0 Å². The number of rotatable bonds is 22. The highest BCUT2D eigenvalue weighted by molar-refractivity contribution is 5.69. The largest absolute Gasteiger partial charge is 0.456 e. The number of esters is 1. The maximum atomic E-state index is 12.6. The third-order valence-corrected chi connectivity index (χ3v) is 6.81. The van der Waals surface area contributed by atoms with Crippen molar-refractivity contribution in [2.45, 2.75) is 141 Å². The third kappa shape index (κ3) is 13.0. The third-order valence-electron chi connectivity index (χ3n) is 6.81. The number of hydrogen-bond acceptors (Lipinski definition) is 9. The van der Waals surface area contributed by atoms with Crippen LogP contribution in [0.25, 0.3) is 0 Å². The first kappa shape index (κ1) is 32.0. The topological polar surface area (TPSA) is 139 Å². The number of unbranched alkanes of at least 4 members (excludes halogenated alkanes) is 12. The lowest BCUT2D eigenvalue weighted by atomic mass is 10.0. The van der Waals surface area contributed by atoms with Gasteiger partial charge in [0.25, 0.3) is 0 Å². The van der Waals surface area contributed by atoms with Gasteiger partial charge in [0.05, 0.1) is 24.8 Å². The Morgan fingerprint density at radius 2 is 1.53 bits per heavy atom. The number of ether oxygens (including phenoxy) is 1. The summed E-state index contributed by atoms with van der Waals surface area (Å²) in [7, 11) is 0. The first-order chi connectivity index (χ1) is 18.4. The van der Waals surface area contributed by atoms with Crippen molar-refractivity contribution < 1.29 is 33.7 Å². The SMILES string of the molecule is CCCCCCCCCCCCCCCC(=O)O[C@H](C[C@H](O)[C@H](O)[C@H](C)O)c1coc(Cc2cnco2)n1. The Morgan fingerprint density at radius 3 is 2.08 bits per heavy atom. The maximum absolute atomic E-state index is 12.6. The Morgan fingerprint density at radius 1 is 0.921 bits per heavy atom. The minimum absolute atomic E-state index is 0.120. The van der Waals surface area contributed by atoms with Crippen LogP contribution in [0.1, 0.15) is 134 Å². The van der Waals surface area contributed by atoms with E-state index in [2.05, 4.69) is 16.9 Å². The van der Waals surface area contributed by atoms with Crippen molar-refractivity contribution in [2.75, 3.05) is 0 Å². The lowest BCUT2D eigenvalue weighted by Crippen LogP contribution is -2.37. The standard InChI is InChI=1S/C29H48N2O7/c1-3-4-5-6-7-8-9-10-11-12-13-14-15-16-28(34)38-26(18-25(33)29(35)22(2)32)24-20-36-27(31-24)17-23-19-30-21-37-23/h19-22,25-26,29,32-33,35H,3-18H2,1-2H3/t22-,25-,26+,29+/m0/s1. The number of carbonyl (C=O) groups excluding carboxylic acids is 1. The summed E-state index contributed by atoms with van der Waals surface area (Å²) >= 11 is 0. The Kier molecular flexibility index (Phi) is 15.9. The highest BCUT2D eigenvalue weighted by Crippen LogP contribution is 2.26. The van der Waals surface area contributed by atoms with Gasteiger partial charge < -0.3 is 28.9 Å². The van der Waals surface area contributed by atoms with Gasteiger partial charge in [0, 0.05) is 12.8 Å². The van der Waals surface area contributed by atoms with Crippen LogP contribution in [-0.2, 0) is 16.0 Å². The molecule has 0 bridgehead atoms. The van der Waals surface area contributed by atoms with Crippen molar-refractivity contribution >= 4 is 5.97 Å². The Hall–Kier alpha value is -2.23. The van der Waals surface area contributed by atoms with Crippen LogP contribution < -0.4 is 0 Å². The predicted molar refractivity (Wildman–Crippen MR) is 143 cm³/mol. The molecule has 38 heavy (non-hydrogen) atoms. The van der Waals surface area contributed by atoms with E-state index < -0.39 is 30.4 Å². The second-order valence-corrected chi connectivity index (χ2v) is 10.3. The van der Waals surface area contributed by atoms with Crippen molar-refractivity contribution in [3.05, 3.63) is 36.2 Å². The zero-order chi connectivity index (χ0) is 27.6. The van der Waals surface area contributed by atoms with Gasteiger partial charge in [-0.15, -0.1) is 0 Å². The molecule has 0 aliphatic carbocycles. The van der Waals surface area contributed by atoms with Crippen LogP contribution in [0.5, 0.6) is 0 Å². The van der Waals surface area contributed by atoms with E-state index in [1.165, 1.54) is 83.8 Å². The number of aliphatic hydroxyl groups excluding tert-OH is 3. The summed E-state index contributed by atoms with van der Waals surface area (Å²) in [5.41, 5.74) is 0.329. The summed E-state index contributed by atoms with van der Waals surface area (Å²) < 4.78 is 16.3. The molecule has 0 radical (unpaired) electrons. The average molecular weight is 537 g/mol. The predicted octanol–water partition coefficient (Wildman–Crippen LogP) is 5.81. The van der Waals surface area contributed by atoms with Gasteiger partial charge >= 0.3 is 5.97 Å². The molecule has 0 aliphatic heterocycles. The smallest absolute Gasteiger partial charge is 0.306 e. The molecule has 0 saturated heterocycles. The van der Waals surface area contributed by atoms with Crippen LogP contribution >= 0.6 is 0 Å². The number of carbonyl (C=O) groups is 1. The molecule has 3 N–H and O–H groups in total. The van der Waals surface area contributed by atoms with E-state index in [1.54, 1.807) is 6.20 Å². The van der Waals surface area contributed by atoms with Gasteiger partial charge in [-0.1, -0.05) is 84.0 Å². The Balaban J connectivity index is 1.71. The second-order valence-electron chi connectivity index (χ2n) is 10.3. The number of hydrogen-bond donors (Lipinski definition) is 3. The second kappa shape index (κ2) is 18.9. The monoisotopic (exact) mass is 536 g/mol. The van der Waals surface area contributed by atoms with Crippen molar-refractivity contribution in [3.8, 4) is 0 Å². The van der Waals surface area contributed by atoms with Gasteiger partial charge in [0.1, 0.15) is 29.9 Å². The van der Waals surface area contributed by atoms with Crippen LogP contribution in [0.3, 0.4) is 0 Å². The van der Waals surface area contributed by atoms with Crippen LogP contribution in [0.2, 0.25) is 0 Å². The first-order valence-corrected chi connectivity index (χ1v) is 14.5. The molecule has 0 unspecified atom stereocenters. The highest BCUT2D eigenvalue weighted by atomic mass is 16.5. The van der Waals surface area contributed by atoms with Gasteiger partial charge in [0.2, 0.25) is 5.89 Å². The van der Waals surface area contributed by atoms with Crippen molar-refractivity contribution in [1.29, 1.82) is 0 Å². The van der Waals surface area contributed by atoms with Crippen LogP contribution in [0, 0.1) is 0 Å². The van der Waals surface area contributed by atoms with Crippen LogP contribution in [-0.4, -0.2) is 49.6 Å². The molecule has 4 atom stereocenters. The van der Waals surface area contributed by atoms with E-state index in [4.69, 9.17) is 13.6 Å². The molecule has 0 fully saturated rings. The molecule has 2 aromatic heterocycles. The lowest BCUT2D eigenvalue weighted by molar-refractivity contribution is -0.153. The molecule has 0 amide bonds. The number of nitrogens with zero attached hydrogens (tertiary/aromatic N) is 2. The van der Waals surface area contributed by atoms with E-state index >= 15 is 0 Å². The van der Waals surface area contributed by atoms with Gasteiger partial charge in [0.15, 0.2) is 6.39 Å². The number of aliphatic hydroxyl groups is 3. The molecule has 0 saturated carbocycles. The van der Waals surface area contributed by atoms with Crippen LogP contribution in [0.15, 0.2) is 27.7 Å². The molecular weight excluding hydrogens is 488 g/mol. The molecule has 2 heterocycles. The van der Waals surface area contributed by atoms with Gasteiger partial charge in [-0.05, 0) is 13.3 Å². The fraction of sp³-hybridized carbons (Fsp3) is 0.759. The summed E-state index contributed by atoms with van der Waals surface area (Å²) in [5.74, 6) is 0.523. The molecule has 0 aliphatic rings. The fourth-order valence-corrected chi connectivity index (χ4v) is 4.45. The quantitative estimate of drug-likeness (QED) is 0.126. The highest BCUT2D eigenvalue weighted by Gasteiger charge is 2.29. The molecule has 2 aromatic rings. The molecule has 0 spiro atoms. The summed E-state index contributed by atoms with van der Waals surface area (Å²) in [6, 6.07) is 0. The average Bonchev–Trinajstić information content (AvgIpc) is 3.58. The van der Waals surface area contributed by atoms with Crippen molar-refractivity contribution in [1.82, 2.24) is 9.97 Å². The first-order valence-electron chi connectivity index (χ1n) is 14.5. The van der Waals surface area contributed by atoms with E-state index in [-0.39, 0.29) is 19.3 Å². The van der Waals surface area contributed by atoms with Gasteiger partial charge in [-0.2, -0.15) is 0 Å². The van der Waals surface area contributed by atoms with E-state index in [0.717, 1.165) is 19.3 Å². The van der Waals surface area contributed by atoms with Crippen molar-refractivity contribution in [2.24, 2.45) is 0 Å². The Bertz CT molecular complexity index is 853. The summed E-state index contributed by atoms with van der Waals surface area (Å²) in [6.45, 7) is 3.63. The molecule has 9 heteroatoms. The zero-order valence-corrected chi connectivity index (χ0v) is 23.2. The minimum Gasteiger partial charge on any atom is -0.456 e. The molecular formula is C29H48N2O7. The number of aromatic nitrogens is 2. The molecule has 216 valence electrons. The lowest BCUT2D eigenvalue weighted by Gasteiger charge is -2.24. The van der Waals surface area contributed by atoms with E-state index in [9.17, 15) is 20.1 Å². The Labute approximate surface area is 227 Å². The zero-order valence-electron chi connectivity index (χ0n) is 23.2. The molecule has 2 rings (SSSR count). The van der Waals surface area contributed by atoms with Crippen molar-refractivity contribution in [3.63, 3.8) is 0 Å². The summed E-state index contributed by atoms with van der Waals surface area (Å²) in [4.78, 5) is 20.8. The number of oxazole rings is 2. The van der Waals surface area contributed by atoms with E-state index in [0.29, 0.717) is 17.3 Å². The fourth-order valence-electron chi connectivity index (χ4n) is 4.45. The normalized spacial score (nSPS) is 14.8. The molecule has 0 aromatic carbocycles. The van der Waals surface area contributed by atoms with E-state index in [1.807, 2.05) is 0 Å². The van der Waals surface area contributed by atoms with Gasteiger partial charge in [-0.25, -0.2) is 9.97 Å². The minimum atomic E-state index is -1.38. The summed E-state index contributed by atoms with van der Waals surface area (Å²) in [6.07, 6.45) is 15.8.